The Labute approximate surface area is 159 Å². The predicted molar refractivity (Wildman–Crippen MR) is 98.0 cm³/mol. The Morgan fingerprint density at radius 1 is 1.32 bits per heavy atom. The minimum absolute atomic E-state index is 0.0315. The van der Waals surface area contributed by atoms with Crippen molar-refractivity contribution in [2.45, 2.75) is 11.4 Å². The lowest BCUT2D eigenvalue weighted by atomic mass is 10.2. The first-order valence-electron chi connectivity index (χ1n) is 7.67. The van der Waals surface area contributed by atoms with Crippen molar-refractivity contribution in [1.29, 1.82) is 5.26 Å². The van der Waals surface area contributed by atoms with Crippen molar-refractivity contribution in [1.82, 2.24) is 8.87 Å². The number of nitrogens with zero attached hydrogens (tertiary/aromatic N) is 4. The molecule has 0 aliphatic rings. The molecule has 0 aliphatic carbocycles. The van der Waals surface area contributed by atoms with Crippen LogP contribution in [0.5, 0.6) is 0 Å². The van der Waals surface area contributed by atoms with E-state index in [0.717, 1.165) is 21.1 Å². The number of carbonyl (C=O) groups is 1. The SMILES string of the molecule is CN(C)S(=O)(=O)c1ccc(NC(=O)Cn2cc([N+](=O)[O-])cc(C#N)c2=O)cc1. The number of nitro groups is 1. The minimum atomic E-state index is -3.62. The molecule has 2 rings (SSSR count). The highest BCUT2D eigenvalue weighted by Gasteiger charge is 2.18. The molecule has 0 saturated heterocycles. The molecule has 0 atom stereocenters. The second-order valence-corrected chi connectivity index (χ2v) is 7.93. The van der Waals surface area contributed by atoms with Gasteiger partial charge in [0.1, 0.15) is 18.2 Å². The van der Waals surface area contributed by atoms with Crippen molar-refractivity contribution in [3.8, 4) is 6.07 Å². The van der Waals surface area contributed by atoms with Crippen LogP contribution in [-0.2, 0) is 21.4 Å². The number of hydrogen-bond donors (Lipinski definition) is 1. The Kier molecular flexibility index (Phi) is 5.92. The third-order valence-electron chi connectivity index (χ3n) is 3.63. The van der Waals surface area contributed by atoms with Gasteiger partial charge in [-0.2, -0.15) is 5.26 Å². The molecule has 0 bridgehead atoms. The number of benzene rings is 1. The van der Waals surface area contributed by atoms with Gasteiger partial charge in [0, 0.05) is 25.8 Å². The Balaban J connectivity index is 2.22. The van der Waals surface area contributed by atoms with E-state index >= 15 is 0 Å². The summed E-state index contributed by atoms with van der Waals surface area (Å²) in [5.41, 5.74) is -1.53. The summed E-state index contributed by atoms with van der Waals surface area (Å²) in [7, 11) is -0.844. The first kappa shape index (κ1) is 20.7. The second-order valence-electron chi connectivity index (χ2n) is 5.77. The van der Waals surface area contributed by atoms with E-state index in [2.05, 4.69) is 5.32 Å². The molecule has 0 saturated carbocycles. The first-order chi connectivity index (χ1) is 13.1. The summed E-state index contributed by atoms with van der Waals surface area (Å²) in [6.45, 7) is -0.563. The van der Waals surface area contributed by atoms with E-state index in [9.17, 15) is 28.1 Å². The Hall–Kier alpha value is -3.56. The van der Waals surface area contributed by atoms with Crippen LogP contribution in [0, 0.1) is 21.4 Å². The van der Waals surface area contributed by atoms with E-state index in [0.29, 0.717) is 0 Å². The number of aromatic nitrogens is 1. The molecule has 146 valence electrons. The molecule has 1 amide bonds. The minimum Gasteiger partial charge on any atom is -0.325 e. The molecule has 0 fully saturated rings. The number of carbonyl (C=O) groups excluding carboxylic acids is 1. The van der Waals surface area contributed by atoms with Gasteiger partial charge >= 0.3 is 0 Å². The highest BCUT2D eigenvalue weighted by atomic mass is 32.2. The molecule has 0 unspecified atom stereocenters. The molecule has 1 aromatic heterocycles. The Bertz CT molecular complexity index is 1130. The smallest absolute Gasteiger partial charge is 0.287 e. The summed E-state index contributed by atoms with van der Waals surface area (Å²) < 4.78 is 25.8. The first-order valence-corrected chi connectivity index (χ1v) is 9.11. The third-order valence-corrected chi connectivity index (χ3v) is 5.46. The predicted octanol–water partition coefficient (Wildman–Crippen LogP) is 0.517. The topological polar surface area (TPSA) is 155 Å². The summed E-state index contributed by atoms with van der Waals surface area (Å²) in [5.74, 6) is -0.685. The number of rotatable bonds is 6. The number of hydrogen-bond acceptors (Lipinski definition) is 7. The van der Waals surface area contributed by atoms with Crippen molar-refractivity contribution in [2.75, 3.05) is 19.4 Å². The van der Waals surface area contributed by atoms with Gasteiger partial charge in [-0.05, 0) is 24.3 Å². The van der Waals surface area contributed by atoms with Gasteiger partial charge in [0.2, 0.25) is 15.9 Å². The summed E-state index contributed by atoms with van der Waals surface area (Å²) in [4.78, 5) is 34.4. The number of anilines is 1. The maximum atomic E-state index is 12.2. The van der Waals surface area contributed by atoms with Crippen LogP contribution in [0.2, 0.25) is 0 Å². The normalized spacial score (nSPS) is 11.1. The van der Waals surface area contributed by atoms with Crippen LogP contribution in [0.15, 0.2) is 46.2 Å². The molecular weight excluding hydrogens is 390 g/mol. The zero-order valence-electron chi connectivity index (χ0n) is 14.8. The van der Waals surface area contributed by atoms with E-state index in [-0.39, 0.29) is 10.6 Å². The summed E-state index contributed by atoms with van der Waals surface area (Å²) >= 11 is 0. The molecule has 0 aliphatic heterocycles. The molecule has 28 heavy (non-hydrogen) atoms. The quantitative estimate of drug-likeness (QED) is 0.542. The fourth-order valence-electron chi connectivity index (χ4n) is 2.19. The lowest BCUT2D eigenvalue weighted by molar-refractivity contribution is -0.385. The summed E-state index contributed by atoms with van der Waals surface area (Å²) in [5, 5.41) is 22.3. The number of sulfonamides is 1. The van der Waals surface area contributed by atoms with Crippen LogP contribution in [-0.4, -0.2) is 42.2 Å². The Morgan fingerprint density at radius 3 is 2.43 bits per heavy atom. The van der Waals surface area contributed by atoms with Gasteiger partial charge in [0.05, 0.1) is 16.0 Å². The van der Waals surface area contributed by atoms with E-state index in [4.69, 9.17) is 5.26 Å². The van der Waals surface area contributed by atoms with Gasteiger partial charge in [0.15, 0.2) is 0 Å². The van der Waals surface area contributed by atoms with Crippen molar-refractivity contribution >= 4 is 27.3 Å². The zero-order chi connectivity index (χ0) is 21.1. The van der Waals surface area contributed by atoms with Crippen LogP contribution >= 0.6 is 0 Å². The average molecular weight is 405 g/mol. The van der Waals surface area contributed by atoms with Crippen LogP contribution in [0.25, 0.3) is 0 Å². The summed E-state index contributed by atoms with van der Waals surface area (Å²) in [6, 6.07) is 7.73. The van der Waals surface area contributed by atoms with Gasteiger partial charge in [-0.15, -0.1) is 0 Å². The maximum absolute atomic E-state index is 12.2. The van der Waals surface area contributed by atoms with Crippen LogP contribution in [0.3, 0.4) is 0 Å². The van der Waals surface area contributed by atoms with Gasteiger partial charge in [0.25, 0.3) is 11.2 Å². The van der Waals surface area contributed by atoms with Gasteiger partial charge in [-0.1, -0.05) is 0 Å². The molecule has 11 nitrogen and oxygen atoms in total. The zero-order valence-corrected chi connectivity index (χ0v) is 15.6. The fraction of sp³-hybridized carbons (Fsp3) is 0.188. The van der Waals surface area contributed by atoms with Crippen molar-refractivity contribution < 1.29 is 18.1 Å². The highest BCUT2D eigenvalue weighted by molar-refractivity contribution is 7.89. The van der Waals surface area contributed by atoms with Gasteiger partial charge in [-0.3, -0.25) is 24.3 Å². The molecule has 0 radical (unpaired) electrons. The molecule has 12 heteroatoms. The van der Waals surface area contributed by atoms with Gasteiger partial charge in [-0.25, -0.2) is 12.7 Å². The fourth-order valence-corrected chi connectivity index (χ4v) is 3.10. The maximum Gasteiger partial charge on any atom is 0.287 e. The summed E-state index contributed by atoms with van der Waals surface area (Å²) in [6.07, 6.45) is 0.871. The molecule has 2 aromatic rings. The number of amides is 1. The van der Waals surface area contributed by atoms with Crippen molar-refractivity contribution in [3.05, 3.63) is 62.6 Å². The molecule has 1 aromatic carbocycles. The number of nitriles is 1. The third kappa shape index (κ3) is 4.40. The molecule has 1 heterocycles. The van der Waals surface area contributed by atoms with E-state index < -0.39 is 44.2 Å². The largest absolute Gasteiger partial charge is 0.325 e. The molecule has 1 N–H and O–H groups in total. The lowest BCUT2D eigenvalue weighted by Crippen LogP contribution is -2.29. The van der Waals surface area contributed by atoms with E-state index in [1.165, 1.54) is 38.4 Å². The standard InChI is InChI=1S/C16H15N5O6S/c1-19(2)28(26,27)14-5-3-12(4-6-14)18-15(22)10-20-9-13(21(24)25)7-11(8-17)16(20)23/h3-7,9H,10H2,1-2H3,(H,18,22). The van der Waals surface area contributed by atoms with Gasteiger partial charge < -0.3 is 5.32 Å². The number of nitrogens with one attached hydrogen (secondary N) is 1. The molecular formula is C16H15N5O6S. The Morgan fingerprint density at radius 2 is 1.93 bits per heavy atom. The lowest BCUT2D eigenvalue weighted by Gasteiger charge is -2.12. The van der Waals surface area contributed by atoms with E-state index in [1.807, 2.05) is 0 Å². The van der Waals surface area contributed by atoms with E-state index in [1.54, 1.807) is 6.07 Å². The van der Waals surface area contributed by atoms with Crippen LogP contribution < -0.4 is 10.9 Å². The van der Waals surface area contributed by atoms with Crippen molar-refractivity contribution in [2.24, 2.45) is 0 Å². The second kappa shape index (κ2) is 7.99. The van der Waals surface area contributed by atoms with Crippen LogP contribution in [0.4, 0.5) is 11.4 Å². The highest BCUT2D eigenvalue weighted by Crippen LogP contribution is 2.17. The molecule has 0 spiro atoms. The monoisotopic (exact) mass is 405 g/mol. The van der Waals surface area contributed by atoms with Crippen molar-refractivity contribution in [3.63, 3.8) is 0 Å². The average Bonchev–Trinajstić information content (AvgIpc) is 2.63. The van der Waals surface area contributed by atoms with Crippen LogP contribution in [0.1, 0.15) is 5.56 Å². The number of pyridine rings is 1.